The highest BCUT2D eigenvalue weighted by Gasteiger charge is 2.25. The molecule has 2 heterocycles. The largest absolute Gasteiger partial charge is 0.495 e. The van der Waals surface area contributed by atoms with E-state index in [0.29, 0.717) is 41.4 Å². The molecule has 1 fully saturated rings. The van der Waals surface area contributed by atoms with E-state index in [-0.39, 0.29) is 11.8 Å². The van der Waals surface area contributed by atoms with E-state index in [9.17, 15) is 14.9 Å². The van der Waals surface area contributed by atoms with Crippen LogP contribution in [-0.2, 0) is 17.8 Å². The minimum atomic E-state index is -0.218. The Labute approximate surface area is 188 Å². The molecule has 2 aromatic rings. The van der Waals surface area contributed by atoms with Crippen molar-refractivity contribution in [1.29, 1.82) is 5.26 Å². The van der Waals surface area contributed by atoms with Crippen LogP contribution in [0, 0.1) is 24.2 Å². The number of hydrogen-bond donors (Lipinski definition) is 0. The van der Waals surface area contributed by atoms with Crippen LogP contribution in [-0.4, -0.2) is 43.4 Å². The van der Waals surface area contributed by atoms with Gasteiger partial charge in [0.2, 0.25) is 0 Å². The molecule has 2 aliphatic rings. The zero-order chi connectivity index (χ0) is 22.7. The molecular formula is C26H28N2O4. The first kappa shape index (κ1) is 22.0. The molecule has 6 heteroatoms. The summed E-state index contributed by atoms with van der Waals surface area (Å²) in [5.74, 6) is 0.740. The first-order valence-corrected chi connectivity index (χ1v) is 11.1. The molecule has 32 heavy (non-hydrogen) atoms. The highest BCUT2D eigenvalue weighted by molar-refractivity contribution is 5.96. The lowest BCUT2D eigenvalue weighted by atomic mass is 9.89. The third kappa shape index (κ3) is 4.53. The molecule has 0 atom stereocenters. The van der Waals surface area contributed by atoms with E-state index in [1.807, 2.05) is 6.07 Å². The molecule has 2 aromatic carbocycles. The second-order valence-electron chi connectivity index (χ2n) is 8.64. The first-order valence-electron chi connectivity index (χ1n) is 11.1. The maximum Gasteiger partial charge on any atom is 0.338 e. The van der Waals surface area contributed by atoms with Gasteiger partial charge in [0.1, 0.15) is 18.4 Å². The molecule has 0 unspecified atom stereocenters. The zero-order valence-electron chi connectivity index (χ0n) is 18.6. The Bertz CT molecular complexity index is 1080. The SMILES string of the molecule is COc1ccc(C(=O)CC2CCN(CCc3ccc4c(c3C)COC4=O)CC2)cc1C#N. The third-order valence-electron chi connectivity index (χ3n) is 6.80. The number of ether oxygens (including phenoxy) is 2. The summed E-state index contributed by atoms with van der Waals surface area (Å²) in [5, 5.41) is 9.25. The standard InChI is InChI=1S/C26H28N2O4/c1-17-19(3-5-22-23(17)16-32-26(22)30)9-12-28-10-7-18(8-11-28)13-24(29)20-4-6-25(31-2)21(14-20)15-27/h3-6,14,18H,7-13,16H2,1-2H3. The Morgan fingerprint density at radius 1 is 1.25 bits per heavy atom. The lowest BCUT2D eigenvalue weighted by molar-refractivity contribution is 0.0534. The Hall–Kier alpha value is -3.17. The molecule has 0 aliphatic carbocycles. The van der Waals surface area contributed by atoms with Crippen molar-refractivity contribution in [3.05, 3.63) is 63.7 Å². The van der Waals surface area contributed by atoms with Crippen LogP contribution in [0.15, 0.2) is 30.3 Å². The molecule has 0 radical (unpaired) electrons. The normalized spacial score (nSPS) is 16.3. The summed E-state index contributed by atoms with van der Waals surface area (Å²) in [5.41, 5.74) is 5.15. The number of piperidine rings is 1. The van der Waals surface area contributed by atoms with E-state index in [4.69, 9.17) is 9.47 Å². The molecule has 0 amide bonds. The fourth-order valence-electron chi connectivity index (χ4n) is 4.71. The van der Waals surface area contributed by atoms with Gasteiger partial charge in [-0.2, -0.15) is 5.26 Å². The van der Waals surface area contributed by atoms with Gasteiger partial charge in [-0.3, -0.25) is 4.79 Å². The monoisotopic (exact) mass is 432 g/mol. The van der Waals surface area contributed by atoms with E-state index in [1.54, 1.807) is 18.2 Å². The van der Waals surface area contributed by atoms with E-state index < -0.39 is 0 Å². The van der Waals surface area contributed by atoms with E-state index >= 15 is 0 Å². The van der Waals surface area contributed by atoms with Gasteiger partial charge in [-0.1, -0.05) is 6.07 Å². The number of Topliss-reactive ketones (excluding diaryl/α,β-unsaturated/α-hetero) is 1. The minimum Gasteiger partial charge on any atom is -0.495 e. The molecule has 6 nitrogen and oxygen atoms in total. The Balaban J connectivity index is 1.27. The van der Waals surface area contributed by atoms with Crippen LogP contribution in [0.2, 0.25) is 0 Å². The number of ketones is 1. The maximum atomic E-state index is 12.7. The maximum absolute atomic E-state index is 12.7. The molecular weight excluding hydrogens is 404 g/mol. The average molecular weight is 433 g/mol. The van der Waals surface area contributed by atoms with Crippen molar-refractivity contribution in [1.82, 2.24) is 4.90 Å². The quantitative estimate of drug-likeness (QED) is 0.485. The van der Waals surface area contributed by atoms with Gasteiger partial charge in [-0.05, 0) is 80.6 Å². The summed E-state index contributed by atoms with van der Waals surface area (Å²) in [4.78, 5) is 26.9. The number of esters is 1. The fourth-order valence-corrected chi connectivity index (χ4v) is 4.71. The zero-order valence-corrected chi connectivity index (χ0v) is 18.6. The van der Waals surface area contributed by atoms with Crippen LogP contribution < -0.4 is 4.74 Å². The van der Waals surface area contributed by atoms with Crippen LogP contribution in [0.4, 0.5) is 0 Å². The average Bonchev–Trinajstić information content (AvgIpc) is 3.20. The molecule has 166 valence electrons. The van der Waals surface area contributed by atoms with Gasteiger partial charge in [0.05, 0.1) is 18.2 Å². The molecule has 0 N–H and O–H groups in total. The van der Waals surface area contributed by atoms with Crippen molar-refractivity contribution in [3.8, 4) is 11.8 Å². The topological polar surface area (TPSA) is 79.6 Å². The minimum absolute atomic E-state index is 0.0909. The third-order valence-corrected chi connectivity index (χ3v) is 6.80. The lowest BCUT2D eigenvalue weighted by Gasteiger charge is -2.32. The number of fused-ring (bicyclic) bond motifs is 1. The predicted molar refractivity (Wildman–Crippen MR) is 120 cm³/mol. The number of carbonyl (C=O) groups excluding carboxylic acids is 2. The van der Waals surface area contributed by atoms with E-state index in [0.717, 1.165) is 44.5 Å². The predicted octanol–water partition coefficient (Wildman–Crippen LogP) is 4.07. The number of hydrogen-bond acceptors (Lipinski definition) is 6. The molecule has 2 aliphatic heterocycles. The molecule has 0 saturated carbocycles. The number of cyclic esters (lactones) is 1. The van der Waals surface area contributed by atoms with Crippen molar-refractivity contribution in [2.75, 3.05) is 26.7 Å². The number of benzene rings is 2. The van der Waals surface area contributed by atoms with Crippen LogP contribution in [0.5, 0.6) is 5.75 Å². The van der Waals surface area contributed by atoms with Gasteiger partial charge < -0.3 is 14.4 Å². The van der Waals surface area contributed by atoms with Gasteiger partial charge in [0.15, 0.2) is 5.78 Å². The second kappa shape index (κ2) is 9.54. The summed E-state index contributed by atoms with van der Waals surface area (Å²) in [6, 6.07) is 11.1. The number of rotatable bonds is 7. The molecule has 1 saturated heterocycles. The summed E-state index contributed by atoms with van der Waals surface area (Å²) in [6.45, 7) is 5.40. The van der Waals surface area contributed by atoms with Gasteiger partial charge in [0, 0.05) is 24.1 Å². The molecule has 0 aromatic heterocycles. The fraction of sp³-hybridized carbons (Fsp3) is 0.423. The van der Waals surface area contributed by atoms with Gasteiger partial charge in [-0.15, -0.1) is 0 Å². The van der Waals surface area contributed by atoms with E-state index in [2.05, 4.69) is 24.0 Å². The second-order valence-corrected chi connectivity index (χ2v) is 8.64. The van der Waals surface area contributed by atoms with Crippen molar-refractivity contribution < 1.29 is 19.1 Å². The van der Waals surface area contributed by atoms with Crippen LogP contribution in [0.25, 0.3) is 0 Å². The Kier molecular flexibility index (Phi) is 6.57. The summed E-state index contributed by atoms with van der Waals surface area (Å²) >= 11 is 0. The van der Waals surface area contributed by atoms with Gasteiger partial charge in [0.25, 0.3) is 0 Å². The number of methoxy groups -OCH3 is 1. The van der Waals surface area contributed by atoms with Crippen LogP contribution in [0.3, 0.4) is 0 Å². The molecule has 4 rings (SSSR count). The number of carbonyl (C=O) groups is 2. The van der Waals surface area contributed by atoms with Gasteiger partial charge >= 0.3 is 5.97 Å². The highest BCUT2D eigenvalue weighted by atomic mass is 16.5. The van der Waals surface area contributed by atoms with Crippen molar-refractivity contribution >= 4 is 11.8 Å². The van der Waals surface area contributed by atoms with Crippen molar-refractivity contribution in [2.45, 2.75) is 39.2 Å². The summed E-state index contributed by atoms with van der Waals surface area (Å²) < 4.78 is 10.3. The van der Waals surface area contributed by atoms with Crippen molar-refractivity contribution in [3.63, 3.8) is 0 Å². The highest BCUT2D eigenvalue weighted by Crippen LogP contribution is 2.28. The number of nitrogens with zero attached hydrogens (tertiary/aromatic N) is 2. The first-order chi connectivity index (χ1) is 15.5. The number of nitriles is 1. The Morgan fingerprint density at radius 3 is 2.75 bits per heavy atom. The Morgan fingerprint density at radius 2 is 2.03 bits per heavy atom. The molecule has 0 spiro atoms. The number of likely N-dealkylation sites (tertiary alicyclic amines) is 1. The van der Waals surface area contributed by atoms with Crippen LogP contribution >= 0.6 is 0 Å². The van der Waals surface area contributed by atoms with Gasteiger partial charge in [-0.25, -0.2) is 4.79 Å². The van der Waals surface area contributed by atoms with E-state index in [1.165, 1.54) is 18.2 Å². The van der Waals surface area contributed by atoms with Crippen LogP contribution in [0.1, 0.15) is 62.2 Å². The lowest BCUT2D eigenvalue weighted by Crippen LogP contribution is -2.35. The summed E-state index contributed by atoms with van der Waals surface area (Å²) in [6.07, 6.45) is 3.46. The summed E-state index contributed by atoms with van der Waals surface area (Å²) in [7, 11) is 1.52. The van der Waals surface area contributed by atoms with Crippen molar-refractivity contribution in [2.24, 2.45) is 5.92 Å². The molecule has 0 bridgehead atoms. The smallest absolute Gasteiger partial charge is 0.338 e.